The SMILES string of the molecule is CC1(CNS(=O)(=O)CCOc2ccccc2N)CCCO1. The molecule has 21 heavy (non-hydrogen) atoms. The molecule has 1 aromatic rings. The Hall–Kier alpha value is -1.31. The van der Waals surface area contributed by atoms with Crippen LogP contribution in [0.4, 0.5) is 5.69 Å². The Morgan fingerprint density at radius 1 is 1.43 bits per heavy atom. The second-order valence-corrected chi connectivity index (χ2v) is 7.35. The molecular weight excluding hydrogens is 292 g/mol. The van der Waals surface area contributed by atoms with Crippen molar-refractivity contribution in [3.05, 3.63) is 24.3 Å². The molecule has 0 aliphatic carbocycles. The standard InChI is InChI=1S/C14H22N2O4S/c1-14(7-4-8-20-14)11-16-21(17,18)10-9-19-13-6-3-2-5-12(13)15/h2-3,5-6,16H,4,7-11,15H2,1H3. The van der Waals surface area contributed by atoms with Crippen molar-refractivity contribution in [1.29, 1.82) is 0 Å². The first-order chi connectivity index (χ1) is 9.90. The van der Waals surface area contributed by atoms with Crippen LogP contribution < -0.4 is 15.2 Å². The first-order valence-electron chi connectivity index (χ1n) is 6.99. The van der Waals surface area contributed by atoms with Crippen LogP contribution in [-0.4, -0.2) is 39.5 Å². The van der Waals surface area contributed by atoms with E-state index in [4.69, 9.17) is 15.2 Å². The van der Waals surface area contributed by atoms with Gasteiger partial charge >= 0.3 is 0 Å². The highest BCUT2D eigenvalue weighted by Gasteiger charge is 2.30. The van der Waals surface area contributed by atoms with Crippen LogP contribution in [0.1, 0.15) is 19.8 Å². The topological polar surface area (TPSA) is 90.7 Å². The summed E-state index contributed by atoms with van der Waals surface area (Å²) < 4.78 is 37.4. The Morgan fingerprint density at radius 3 is 2.86 bits per heavy atom. The van der Waals surface area contributed by atoms with Gasteiger partial charge in [-0.25, -0.2) is 13.1 Å². The third kappa shape index (κ3) is 4.87. The molecule has 1 aliphatic heterocycles. The van der Waals surface area contributed by atoms with Crippen LogP contribution in [0, 0.1) is 0 Å². The smallest absolute Gasteiger partial charge is 0.215 e. The second-order valence-electron chi connectivity index (χ2n) is 5.43. The lowest BCUT2D eigenvalue weighted by molar-refractivity contribution is 0.0250. The van der Waals surface area contributed by atoms with Crippen molar-refractivity contribution in [2.24, 2.45) is 0 Å². The molecular formula is C14H22N2O4S. The van der Waals surface area contributed by atoms with Crippen LogP contribution in [0.3, 0.4) is 0 Å². The van der Waals surface area contributed by atoms with E-state index in [1.165, 1.54) is 0 Å². The highest BCUT2D eigenvalue weighted by atomic mass is 32.2. The molecule has 0 amide bonds. The first kappa shape index (κ1) is 16.1. The van der Waals surface area contributed by atoms with Crippen LogP contribution in [0.25, 0.3) is 0 Å². The lowest BCUT2D eigenvalue weighted by atomic mass is 10.0. The Bertz CT molecular complexity index is 568. The summed E-state index contributed by atoms with van der Waals surface area (Å²) >= 11 is 0. The minimum Gasteiger partial charge on any atom is -0.490 e. The molecule has 0 aromatic heterocycles. The number of para-hydroxylation sites is 2. The zero-order chi connectivity index (χ0) is 15.3. The van der Waals surface area contributed by atoms with Crippen LogP contribution >= 0.6 is 0 Å². The van der Waals surface area contributed by atoms with Gasteiger partial charge in [-0.1, -0.05) is 12.1 Å². The van der Waals surface area contributed by atoms with Crippen molar-refractivity contribution in [3.63, 3.8) is 0 Å². The Morgan fingerprint density at radius 2 is 2.19 bits per heavy atom. The molecule has 1 aliphatic rings. The molecule has 7 heteroatoms. The Balaban J connectivity index is 1.77. The molecule has 1 fully saturated rings. The zero-order valence-electron chi connectivity index (χ0n) is 12.2. The number of nitrogen functional groups attached to an aromatic ring is 1. The van der Waals surface area contributed by atoms with Crippen molar-refractivity contribution in [2.45, 2.75) is 25.4 Å². The van der Waals surface area contributed by atoms with Gasteiger partial charge in [0.15, 0.2) is 0 Å². The molecule has 0 saturated carbocycles. The van der Waals surface area contributed by atoms with Crippen molar-refractivity contribution in [2.75, 3.05) is 31.2 Å². The van der Waals surface area contributed by atoms with Crippen LogP contribution in [0.15, 0.2) is 24.3 Å². The number of nitrogens with one attached hydrogen (secondary N) is 1. The number of ether oxygens (including phenoxy) is 2. The number of benzene rings is 1. The summed E-state index contributed by atoms with van der Waals surface area (Å²) in [4.78, 5) is 0. The summed E-state index contributed by atoms with van der Waals surface area (Å²) in [6.45, 7) is 2.96. The van der Waals surface area contributed by atoms with Crippen molar-refractivity contribution >= 4 is 15.7 Å². The number of nitrogens with two attached hydrogens (primary N) is 1. The van der Waals surface area contributed by atoms with Crippen LogP contribution in [-0.2, 0) is 14.8 Å². The van der Waals surface area contributed by atoms with Gasteiger partial charge in [-0.05, 0) is 31.9 Å². The molecule has 1 saturated heterocycles. The molecule has 3 N–H and O–H groups in total. The van der Waals surface area contributed by atoms with Gasteiger partial charge in [-0.2, -0.15) is 0 Å². The summed E-state index contributed by atoms with van der Waals surface area (Å²) in [5.41, 5.74) is 5.83. The van der Waals surface area contributed by atoms with Crippen LogP contribution in [0.5, 0.6) is 5.75 Å². The average Bonchev–Trinajstić information content (AvgIpc) is 2.87. The first-order valence-corrected chi connectivity index (χ1v) is 8.64. The second kappa shape index (κ2) is 6.64. The Labute approximate surface area is 125 Å². The quantitative estimate of drug-likeness (QED) is 0.736. The minimum atomic E-state index is -3.39. The van der Waals surface area contributed by atoms with Gasteiger partial charge in [0.25, 0.3) is 0 Å². The fraction of sp³-hybridized carbons (Fsp3) is 0.571. The van der Waals surface area contributed by atoms with E-state index in [9.17, 15) is 8.42 Å². The minimum absolute atomic E-state index is 0.0567. The number of anilines is 1. The van der Waals surface area contributed by atoms with E-state index >= 15 is 0 Å². The van der Waals surface area contributed by atoms with Crippen molar-refractivity contribution in [1.82, 2.24) is 4.72 Å². The predicted molar refractivity (Wildman–Crippen MR) is 81.7 cm³/mol. The average molecular weight is 314 g/mol. The number of sulfonamides is 1. The van der Waals surface area contributed by atoms with E-state index in [0.29, 0.717) is 24.6 Å². The maximum atomic E-state index is 11.9. The van der Waals surface area contributed by atoms with E-state index in [-0.39, 0.29) is 12.4 Å². The largest absolute Gasteiger partial charge is 0.490 e. The van der Waals surface area contributed by atoms with E-state index in [1.807, 2.05) is 6.92 Å². The summed E-state index contributed by atoms with van der Waals surface area (Å²) in [6.07, 6.45) is 1.83. The normalized spacial score (nSPS) is 22.3. The summed E-state index contributed by atoms with van der Waals surface area (Å²) in [6, 6.07) is 7.00. The van der Waals surface area contributed by atoms with E-state index in [2.05, 4.69) is 4.72 Å². The number of hydrogen-bond donors (Lipinski definition) is 2. The third-order valence-corrected chi connectivity index (χ3v) is 4.78. The molecule has 118 valence electrons. The highest BCUT2D eigenvalue weighted by molar-refractivity contribution is 7.89. The maximum absolute atomic E-state index is 11.9. The molecule has 1 aromatic carbocycles. The predicted octanol–water partition coefficient (Wildman–Crippen LogP) is 1.14. The molecule has 1 unspecified atom stereocenters. The lowest BCUT2D eigenvalue weighted by Crippen LogP contribution is -2.41. The number of rotatable bonds is 7. The Kier molecular flexibility index (Phi) is 5.08. The lowest BCUT2D eigenvalue weighted by Gasteiger charge is -2.23. The van der Waals surface area contributed by atoms with Gasteiger partial charge < -0.3 is 15.2 Å². The fourth-order valence-electron chi connectivity index (χ4n) is 2.18. The fourth-order valence-corrected chi connectivity index (χ4v) is 3.16. The van der Waals surface area contributed by atoms with Gasteiger partial charge in [0.2, 0.25) is 10.0 Å². The molecule has 6 nitrogen and oxygen atoms in total. The van der Waals surface area contributed by atoms with Crippen molar-refractivity contribution in [3.8, 4) is 5.75 Å². The third-order valence-electron chi connectivity index (χ3n) is 3.50. The molecule has 1 atom stereocenters. The zero-order valence-corrected chi connectivity index (χ0v) is 13.0. The maximum Gasteiger partial charge on any atom is 0.215 e. The number of hydrogen-bond acceptors (Lipinski definition) is 5. The van der Waals surface area contributed by atoms with Gasteiger partial charge in [-0.3, -0.25) is 0 Å². The van der Waals surface area contributed by atoms with Crippen LogP contribution in [0.2, 0.25) is 0 Å². The molecule has 1 heterocycles. The molecule has 0 spiro atoms. The molecule has 0 bridgehead atoms. The van der Waals surface area contributed by atoms with Gasteiger partial charge in [0, 0.05) is 13.2 Å². The van der Waals surface area contributed by atoms with Gasteiger partial charge in [-0.15, -0.1) is 0 Å². The summed E-state index contributed by atoms with van der Waals surface area (Å²) in [5, 5.41) is 0. The molecule has 2 rings (SSSR count). The monoisotopic (exact) mass is 314 g/mol. The van der Waals surface area contributed by atoms with E-state index < -0.39 is 15.6 Å². The summed E-state index contributed by atoms with van der Waals surface area (Å²) in [5.74, 6) is 0.385. The van der Waals surface area contributed by atoms with E-state index in [0.717, 1.165) is 12.8 Å². The van der Waals surface area contributed by atoms with Gasteiger partial charge in [0.05, 0.1) is 17.0 Å². The highest BCUT2D eigenvalue weighted by Crippen LogP contribution is 2.24. The summed E-state index contributed by atoms with van der Waals surface area (Å²) in [7, 11) is -3.39. The van der Waals surface area contributed by atoms with E-state index in [1.54, 1.807) is 24.3 Å². The van der Waals surface area contributed by atoms with Crippen molar-refractivity contribution < 1.29 is 17.9 Å². The molecule has 0 radical (unpaired) electrons. The van der Waals surface area contributed by atoms with Gasteiger partial charge in [0.1, 0.15) is 12.4 Å².